The van der Waals surface area contributed by atoms with Gasteiger partial charge in [-0.3, -0.25) is 9.59 Å². The monoisotopic (exact) mass is 394 g/mol. The number of sulfone groups is 1. The molecular weight excluding hydrogens is 384 g/mol. The first-order chi connectivity index (χ1) is 12.7. The maximum atomic E-state index is 12.7. The standard InChI is InChI=1S/C16H10O10S/c17-7-25-13-4-2-10(6-14(13)26-8-18)27(23,24)9-1-3-11(15(19)20)12(5-9)16(21)22/h1-8H,(H,19,20)(H,21,22). The lowest BCUT2D eigenvalue weighted by molar-refractivity contribution is -0.123. The molecule has 0 amide bonds. The van der Waals surface area contributed by atoms with E-state index in [1.165, 1.54) is 0 Å². The Bertz CT molecular complexity index is 1040. The fraction of sp³-hybridized carbons (Fsp3) is 0. The minimum absolute atomic E-state index is 0.00637. The summed E-state index contributed by atoms with van der Waals surface area (Å²) in [6, 6.07) is 5.49. The van der Waals surface area contributed by atoms with Crippen LogP contribution in [-0.4, -0.2) is 43.5 Å². The summed E-state index contributed by atoms with van der Waals surface area (Å²) in [5.74, 6) is -3.74. The Kier molecular flexibility index (Phi) is 5.56. The molecule has 0 spiro atoms. The van der Waals surface area contributed by atoms with Crippen molar-refractivity contribution in [2.45, 2.75) is 9.79 Å². The third kappa shape index (κ3) is 3.93. The van der Waals surface area contributed by atoms with E-state index in [9.17, 15) is 27.6 Å². The number of carbonyl (C=O) groups is 4. The minimum atomic E-state index is -4.31. The van der Waals surface area contributed by atoms with E-state index in [1.54, 1.807) is 0 Å². The molecule has 0 saturated carbocycles. The van der Waals surface area contributed by atoms with Crippen molar-refractivity contribution in [1.29, 1.82) is 0 Å². The van der Waals surface area contributed by atoms with Gasteiger partial charge in [0.2, 0.25) is 9.84 Å². The van der Waals surface area contributed by atoms with E-state index in [1.807, 2.05) is 0 Å². The highest BCUT2D eigenvalue weighted by Crippen LogP contribution is 2.32. The predicted molar refractivity (Wildman–Crippen MR) is 85.6 cm³/mol. The number of carboxylic acid groups (broad SMARTS) is 2. The van der Waals surface area contributed by atoms with Crippen LogP contribution in [0.15, 0.2) is 46.2 Å². The zero-order chi connectivity index (χ0) is 20.2. The van der Waals surface area contributed by atoms with Crippen LogP contribution in [0.2, 0.25) is 0 Å². The highest BCUT2D eigenvalue weighted by molar-refractivity contribution is 7.91. The van der Waals surface area contributed by atoms with E-state index in [0.29, 0.717) is 6.07 Å². The number of aromatic carboxylic acids is 2. The summed E-state index contributed by atoms with van der Waals surface area (Å²) in [6.45, 7) is 0.0402. The highest BCUT2D eigenvalue weighted by Gasteiger charge is 2.24. The van der Waals surface area contributed by atoms with Gasteiger partial charge in [0.25, 0.3) is 12.9 Å². The van der Waals surface area contributed by atoms with Gasteiger partial charge in [-0.15, -0.1) is 0 Å². The minimum Gasteiger partial charge on any atom is -0.478 e. The van der Waals surface area contributed by atoms with Crippen molar-refractivity contribution in [3.63, 3.8) is 0 Å². The number of hydrogen-bond acceptors (Lipinski definition) is 8. The lowest BCUT2D eigenvalue weighted by atomic mass is 10.1. The molecule has 0 aliphatic heterocycles. The van der Waals surface area contributed by atoms with E-state index >= 15 is 0 Å². The molecule has 0 fully saturated rings. The fourth-order valence-corrected chi connectivity index (χ4v) is 3.44. The molecule has 0 unspecified atom stereocenters. The van der Waals surface area contributed by atoms with Gasteiger partial charge in [-0.2, -0.15) is 0 Å². The Balaban J connectivity index is 2.62. The Hall–Kier alpha value is -3.73. The summed E-state index contributed by atoms with van der Waals surface area (Å²) in [7, 11) is -4.31. The predicted octanol–water partition coefficient (Wildman–Crippen LogP) is 0.986. The van der Waals surface area contributed by atoms with Crippen LogP contribution < -0.4 is 9.47 Å². The first kappa shape index (κ1) is 19.6. The van der Waals surface area contributed by atoms with E-state index in [0.717, 1.165) is 30.3 Å². The van der Waals surface area contributed by atoms with Crippen molar-refractivity contribution in [3.05, 3.63) is 47.5 Å². The van der Waals surface area contributed by atoms with Gasteiger partial charge in [0, 0.05) is 6.07 Å². The number of rotatable bonds is 8. The number of carboxylic acids is 2. The molecule has 2 aromatic carbocycles. The summed E-state index contributed by atoms with van der Waals surface area (Å²) in [6.07, 6.45) is 0. The van der Waals surface area contributed by atoms with Crippen LogP contribution in [0.1, 0.15) is 20.7 Å². The third-order valence-electron chi connectivity index (χ3n) is 3.34. The molecule has 0 atom stereocenters. The van der Waals surface area contributed by atoms with E-state index in [-0.39, 0.29) is 24.4 Å². The van der Waals surface area contributed by atoms with Gasteiger partial charge in [-0.1, -0.05) is 0 Å². The molecule has 0 aromatic heterocycles. The largest absolute Gasteiger partial charge is 0.478 e. The molecule has 2 aromatic rings. The lowest BCUT2D eigenvalue weighted by Crippen LogP contribution is -2.11. The van der Waals surface area contributed by atoms with Crippen molar-refractivity contribution in [3.8, 4) is 11.5 Å². The van der Waals surface area contributed by atoms with Crippen molar-refractivity contribution in [1.82, 2.24) is 0 Å². The van der Waals surface area contributed by atoms with Gasteiger partial charge >= 0.3 is 11.9 Å². The lowest BCUT2D eigenvalue weighted by Gasteiger charge is -2.10. The summed E-state index contributed by atoms with van der Waals surface area (Å²) in [4.78, 5) is 42.4. The topological polar surface area (TPSA) is 161 Å². The number of hydrogen-bond donors (Lipinski definition) is 2. The molecule has 2 rings (SSSR count). The van der Waals surface area contributed by atoms with Crippen LogP contribution in [0, 0.1) is 0 Å². The van der Waals surface area contributed by atoms with Gasteiger partial charge in [0.05, 0.1) is 20.9 Å². The normalized spacial score (nSPS) is 10.7. The number of ether oxygens (including phenoxy) is 2. The number of carbonyl (C=O) groups excluding carboxylic acids is 2. The molecule has 0 heterocycles. The Morgan fingerprint density at radius 2 is 1.30 bits per heavy atom. The van der Waals surface area contributed by atoms with E-state index < -0.39 is 42.7 Å². The second-order valence-electron chi connectivity index (χ2n) is 4.86. The molecule has 11 heteroatoms. The molecule has 0 bridgehead atoms. The van der Waals surface area contributed by atoms with Crippen LogP contribution in [0.25, 0.3) is 0 Å². The fourth-order valence-electron chi connectivity index (χ4n) is 2.14. The quantitative estimate of drug-likeness (QED) is 0.617. The smallest absolute Gasteiger partial charge is 0.336 e. The Morgan fingerprint density at radius 3 is 1.85 bits per heavy atom. The van der Waals surface area contributed by atoms with Crippen LogP contribution in [-0.2, 0) is 19.4 Å². The van der Waals surface area contributed by atoms with Gasteiger partial charge in [0.1, 0.15) is 0 Å². The maximum Gasteiger partial charge on any atom is 0.336 e. The SMILES string of the molecule is O=COc1ccc(S(=O)(=O)c2ccc(C(=O)O)c(C(=O)O)c2)cc1OC=O. The van der Waals surface area contributed by atoms with Crippen molar-refractivity contribution in [2.75, 3.05) is 0 Å². The molecule has 10 nitrogen and oxygen atoms in total. The second-order valence-corrected chi connectivity index (χ2v) is 6.81. The molecular formula is C16H10O10S. The molecule has 0 aliphatic carbocycles. The molecule has 2 N–H and O–H groups in total. The molecule has 27 heavy (non-hydrogen) atoms. The van der Waals surface area contributed by atoms with Gasteiger partial charge in [-0.25, -0.2) is 18.0 Å². The highest BCUT2D eigenvalue weighted by atomic mass is 32.2. The van der Waals surface area contributed by atoms with Gasteiger partial charge in [-0.05, 0) is 30.3 Å². The van der Waals surface area contributed by atoms with Crippen LogP contribution >= 0.6 is 0 Å². The third-order valence-corrected chi connectivity index (χ3v) is 5.09. The molecule has 0 aliphatic rings. The first-order valence-corrected chi connectivity index (χ1v) is 8.41. The number of benzene rings is 2. The average Bonchev–Trinajstić information content (AvgIpc) is 2.62. The van der Waals surface area contributed by atoms with Gasteiger partial charge in [0.15, 0.2) is 11.5 Å². The summed E-state index contributed by atoms with van der Waals surface area (Å²) in [5.41, 5.74) is -1.30. The Morgan fingerprint density at radius 1 is 0.778 bits per heavy atom. The molecule has 0 saturated heterocycles. The maximum absolute atomic E-state index is 12.7. The van der Waals surface area contributed by atoms with Crippen molar-refractivity contribution in [2.24, 2.45) is 0 Å². The van der Waals surface area contributed by atoms with Crippen LogP contribution in [0.3, 0.4) is 0 Å². The summed E-state index contributed by atoms with van der Waals surface area (Å²) >= 11 is 0. The second kappa shape index (κ2) is 7.66. The van der Waals surface area contributed by atoms with Crippen molar-refractivity contribution >= 4 is 34.7 Å². The van der Waals surface area contributed by atoms with Crippen LogP contribution in [0.4, 0.5) is 0 Å². The van der Waals surface area contributed by atoms with E-state index in [2.05, 4.69) is 9.47 Å². The molecule has 140 valence electrons. The van der Waals surface area contributed by atoms with E-state index in [4.69, 9.17) is 10.2 Å². The average molecular weight is 394 g/mol. The summed E-state index contributed by atoms with van der Waals surface area (Å²) < 4.78 is 34.6. The Labute approximate surface area is 151 Å². The molecule has 0 radical (unpaired) electrons. The van der Waals surface area contributed by atoms with Crippen molar-refractivity contribution < 1.29 is 47.3 Å². The van der Waals surface area contributed by atoms with Crippen LogP contribution in [0.5, 0.6) is 11.5 Å². The first-order valence-electron chi connectivity index (χ1n) is 6.92. The summed E-state index contributed by atoms with van der Waals surface area (Å²) in [5, 5.41) is 18.1. The zero-order valence-electron chi connectivity index (χ0n) is 13.2. The zero-order valence-corrected chi connectivity index (χ0v) is 14.0. The van der Waals surface area contributed by atoms with Gasteiger partial charge < -0.3 is 19.7 Å².